The zero-order chi connectivity index (χ0) is 22.8. The van der Waals surface area contributed by atoms with Crippen LogP contribution in [0.5, 0.6) is 0 Å². The van der Waals surface area contributed by atoms with Crippen molar-refractivity contribution in [1.29, 1.82) is 0 Å². The molecule has 7 nitrogen and oxygen atoms in total. The zero-order valence-corrected chi connectivity index (χ0v) is 19.7. The molecular formula is C25H35N5O2. The molecule has 172 valence electrons. The van der Waals surface area contributed by atoms with Crippen LogP contribution in [0.15, 0.2) is 30.5 Å². The van der Waals surface area contributed by atoms with Gasteiger partial charge >= 0.3 is 0 Å². The molecule has 1 fully saturated rings. The molecule has 2 aliphatic heterocycles. The number of amides is 2. The summed E-state index contributed by atoms with van der Waals surface area (Å²) in [5, 5.41) is 3.00. The maximum Gasteiger partial charge on any atom is 0.274 e. The lowest BCUT2D eigenvalue weighted by molar-refractivity contribution is -0.120. The van der Waals surface area contributed by atoms with Gasteiger partial charge in [-0.2, -0.15) is 0 Å². The van der Waals surface area contributed by atoms with Gasteiger partial charge in [-0.15, -0.1) is 0 Å². The summed E-state index contributed by atoms with van der Waals surface area (Å²) >= 11 is 0. The molecule has 3 heterocycles. The van der Waals surface area contributed by atoms with E-state index >= 15 is 0 Å². The van der Waals surface area contributed by atoms with Gasteiger partial charge in [0.1, 0.15) is 5.69 Å². The van der Waals surface area contributed by atoms with Gasteiger partial charge in [-0.05, 0) is 57.1 Å². The number of carbonyl (C=O) groups excluding carboxylic acids is 2. The second-order valence-electron chi connectivity index (χ2n) is 8.93. The molecule has 0 saturated carbocycles. The van der Waals surface area contributed by atoms with E-state index in [1.54, 1.807) is 4.90 Å². The number of nitrogens with one attached hydrogen (secondary N) is 1. The van der Waals surface area contributed by atoms with Crippen LogP contribution < -0.4 is 10.2 Å². The summed E-state index contributed by atoms with van der Waals surface area (Å²) in [5.41, 5.74) is 3.53. The predicted octanol–water partition coefficient (Wildman–Crippen LogP) is 3.76. The van der Waals surface area contributed by atoms with Crippen molar-refractivity contribution in [2.45, 2.75) is 46.1 Å². The molecule has 4 rings (SSSR count). The van der Waals surface area contributed by atoms with Gasteiger partial charge in [0.2, 0.25) is 5.91 Å². The normalized spacial score (nSPS) is 18.8. The fraction of sp³-hybridized carbons (Fsp3) is 0.520. The minimum Gasteiger partial charge on any atom is -0.345 e. The quantitative estimate of drug-likeness (QED) is 0.748. The monoisotopic (exact) mass is 437 g/mol. The van der Waals surface area contributed by atoms with Crippen molar-refractivity contribution < 1.29 is 9.59 Å². The summed E-state index contributed by atoms with van der Waals surface area (Å²) in [4.78, 5) is 33.5. The van der Waals surface area contributed by atoms with Gasteiger partial charge in [-0.3, -0.25) is 19.4 Å². The van der Waals surface area contributed by atoms with E-state index in [1.165, 1.54) is 6.42 Å². The van der Waals surface area contributed by atoms with Crippen LogP contribution in [0.2, 0.25) is 0 Å². The number of rotatable bonds is 6. The first-order valence-electron chi connectivity index (χ1n) is 11.8. The number of aryl methyl sites for hydroxylation is 2. The third-order valence-electron chi connectivity index (χ3n) is 6.87. The average Bonchev–Trinajstić information content (AvgIpc) is 2.99. The van der Waals surface area contributed by atoms with E-state index in [1.807, 2.05) is 49.0 Å². The highest BCUT2D eigenvalue weighted by Crippen LogP contribution is 2.40. The van der Waals surface area contributed by atoms with Crippen LogP contribution in [-0.4, -0.2) is 64.9 Å². The summed E-state index contributed by atoms with van der Waals surface area (Å²) in [7, 11) is 1.86. The molecule has 1 atom stereocenters. The molecule has 0 bridgehead atoms. The summed E-state index contributed by atoms with van der Waals surface area (Å²) in [6, 6.07) is 7.96. The standard InChI is InChI=1S/C25H35N5O2/c1-5-28(6-2)16-19-11-9-10-14-29(19)17-22(31)30-21-13-8-7-12-20(21)26-25(32)24-23(30)18(3)15-27(24)4/h7-8,12-13,15,19H,5-6,9-11,14,16-17H2,1-4H3,(H,26,32). The van der Waals surface area contributed by atoms with Gasteiger partial charge < -0.3 is 14.8 Å². The van der Waals surface area contributed by atoms with E-state index in [9.17, 15) is 9.59 Å². The smallest absolute Gasteiger partial charge is 0.274 e. The van der Waals surface area contributed by atoms with Gasteiger partial charge in [0.05, 0.1) is 23.6 Å². The van der Waals surface area contributed by atoms with Gasteiger partial charge in [-0.1, -0.05) is 32.4 Å². The van der Waals surface area contributed by atoms with E-state index in [0.29, 0.717) is 29.7 Å². The van der Waals surface area contributed by atoms with Crippen LogP contribution in [0.1, 0.15) is 49.2 Å². The Morgan fingerprint density at radius 3 is 2.69 bits per heavy atom. The summed E-state index contributed by atoms with van der Waals surface area (Å²) < 4.78 is 1.82. The highest BCUT2D eigenvalue weighted by atomic mass is 16.2. The zero-order valence-electron chi connectivity index (χ0n) is 19.7. The van der Waals surface area contributed by atoms with Crippen molar-refractivity contribution in [3.63, 3.8) is 0 Å². The number of hydrogen-bond donors (Lipinski definition) is 1. The first-order valence-corrected chi connectivity index (χ1v) is 11.8. The largest absolute Gasteiger partial charge is 0.345 e. The SMILES string of the molecule is CCN(CC)CC1CCCCN1CC(=O)N1c2ccccc2NC(=O)c2c1c(C)cn2C. The molecule has 2 aromatic rings. The molecule has 2 amide bonds. The lowest BCUT2D eigenvalue weighted by Crippen LogP contribution is -2.50. The molecular weight excluding hydrogens is 402 g/mol. The van der Waals surface area contributed by atoms with Crippen molar-refractivity contribution in [3.05, 3.63) is 41.7 Å². The highest BCUT2D eigenvalue weighted by Gasteiger charge is 2.35. The molecule has 1 unspecified atom stereocenters. The van der Waals surface area contributed by atoms with E-state index in [4.69, 9.17) is 0 Å². The van der Waals surface area contributed by atoms with Crippen LogP contribution in [0.4, 0.5) is 17.1 Å². The number of para-hydroxylation sites is 2. The van der Waals surface area contributed by atoms with Crippen molar-refractivity contribution in [3.8, 4) is 0 Å². The Bertz CT molecular complexity index is 994. The number of hydrogen-bond acceptors (Lipinski definition) is 4. The Morgan fingerprint density at radius 1 is 1.19 bits per heavy atom. The minimum atomic E-state index is -0.185. The van der Waals surface area contributed by atoms with E-state index in [0.717, 1.165) is 50.3 Å². The van der Waals surface area contributed by atoms with E-state index in [2.05, 4.69) is 29.0 Å². The van der Waals surface area contributed by atoms with Crippen LogP contribution >= 0.6 is 0 Å². The molecule has 0 spiro atoms. The first kappa shape index (κ1) is 22.6. The lowest BCUT2D eigenvalue weighted by Gasteiger charge is -2.39. The molecule has 32 heavy (non-hydrogen) atoms. The number of anilines is 3. The Kier molecular flexibility index (Phi) is 6.67. The topological polar surface area (TPSA) is 60.8 Å². The molecule has 1 N–H and O–H groups in total. The highest BCUT2D eigenvalue weighted by molar-refractivity contribution is 6.18. The fourth-order valence-corrected chi connectivity index (χ4v) is 5.15. The number of fused-ring (bicyclic) bond motifs is 2. The number of likely N-dealkylation sites (N-methyl/N-ethyl adjacent to an activating group) is 1. The van der Waals surface area contributed by atoms with Crippen molar-refractivity contribution in [2.75, 3.05) is 42.9 Å². The Balaban J connectivity index is 1.68. The third kappa shape index (κ3) is 4.19. The Hall–Kier alpha value is -2.64. The lowest BCUT2D eigenvalue weighted by atomic mass is 10.0. The first-order chi connectivity index (χ1) is 15.4. The number of benzene rings is 1. The summed E-state index contributed by atoms with van der Waals surface area (Å²) in [6.07, 6.45) is 5.37. The molecule has 7 heteroatoms. The van der Waals surface area contributed by atoms with Crippen LogP contribution in [0, 0.1) is 6.92 Å². The van der Waals surface area contributed by atoms with Crippen molar-refractivity contribution in [2.24, 2.45) is 7.05 Å². The van der Waals surface area contributed by atoms with Crippen molar-refractivity contribution in [1.82, 2.24) is 14.4 Å². The van der Waals surface area contributed by atoms with Gasteiger partial charge in [0.15, 0.2) is 0 Å². The van der Waals surface area contributed by atoms with Crippen molar-refractivity contribution >= 4 is 28.9 Å². The number of carbonyl (C=O) groups is 2. The van der Waals surface area contributed by atoms with E-state index in [-0.39, 0.29) is 11.8 Å². The molecule has 1 aromatic heterocycles. The molecule has 1 aromatic carbocycles. The second kappa shape index (κ2) is 9.46. The predicted molar refractivity (Wildman–Crippen MR) is 129 cm³/mol. The van der Waals surface area contributed by atoms with Gasteiger partial charge in [-0.25, -0.2) is 0 Å². The number of nitrogens with zero attached hydrogens (tertiary/aromatic N) is 4. The molecule has 2 aliphatic rings. The summed E-state index contributed by atoms with van der Waals surface area (Å²) in [5.74, 6) is -0.174. The van der Waals surface area contributed by atoms with Crippen LogP contribution in [0.25, 0.3) is 0 Å². The maximum absolute atomic E-state index is 13.9. The third-order valence-corrected chi connectivity index (χ3v) is 6.87. The van der Waals surface area contributed by atoms with Gasteiger partial charge in [0, 0.05) is 25.8 Å². The number of piperidine rings is 1. The number of aromatic nitrogens is 1. The Labute approximate surface area is 191 Å². The molecule has 1 saturated heterocycles. The van der Waals surface area contributed by atoms with Crippen LogP contribution in [0.3, 0.4) is 0 Å². The average molecular weight is 438 g/mol. The number of likely N-dealkylation sites (tertiary alicyclic amines) is 1. The van der Waals surface area contributed by atoms with Crippen LogP contribution in [-0.2, 0) is 11.8 Å². The fourth-order valence-electron chi connectivity index (χ4n) is 5.15. The summed E-state index contributed by atoms with van der Waals surface area (Å²) in [6.45, 7) is 10.7. The molecule has 0 radical (unpaired) electrons. The molecule has 0 aliphatic carbocycles. The minimum absolute atomic E-state index is 0.0101. The van der Waals surface area contributed by atoms with Gasteiger partial charge in [0.25, 0.3) is 5.91 Å². The second-order valence-corrected chi connectivity index (χ2v) is 8.93. The Morgan fingerprint density at radius 2 is 1.94 bits per heavy atom. The van der Waals surface area contributed by atoms with E-state index < -0.39 is 0 Å². The maximum atomic E-state index is 13.9.